The highest BCUT2D eigenvalue weighted by Crippen LogP contribution is 2.18. The van der Waals surface area contributed by atoms with Gasteiger partial charge in [0.2, 0.25) is 0 Å². The van der Waals surface area contributed by atoms with E-state index in [-0.39, 0.29) is 19.0 Å². The van der Waals surface area contributed by atoms with Gasteiger partial charge in [-0.25, -0.2) is 4.79 Å². The molecule has 102 valence electrons. The van der Waals surface area contributed by atoms with Crippen molar-refractivity contribution in [1.82, 2.24) is 4.98 Å². The van der Waals surface area contributed by atoms with Gasteiger partial charge in [0.05, 0.1) is 19.6 Å². The predicted molar refractivity (Wildman–Crippen MR) is 70.1 cm³/mol. The first-order valence-electron chi connectivity index (χ1n) is 6.10. The fraction of sp³-hybridized carbons (Fsp3) is 0.357. The van der Waals surface area contributed by atoms with Gasteiger partial charge in [-0.1, -0.05) is 6.07 Å². The van der Waals surface area contributed by atoms with Crippen molar-refractivity contribution in [3.8, 4) is 0 Å². The zero-order valence-corrected chi connectivity index (χ0v) is 11.1. The Balaban J connectivity index is 2.91. The quantitative estimate of drug-likeness (QED) is 0.580. The number of ether oxygens (including phenoxy) is 2. The van der Waals surface area contributed by atoms with E-state index >= 15 is 0 Å². The van der Waals surface area contributed by atoms with Crippen molar-refractivity contribution in [2.75, 3.05) is 13.2 Å². The normalized spacial score (nSPS) is 10.9. The molecule has 0 aromatic carbocycles. The lowest BCUT2D eigenvalue weighted by molar-refractivity contribution is -0.141. The molecule has 0 spiro atoms. The summed E-state index contributed by atoms with van der Waals surface area (Å²) in [5.41, 5.74) is 1.23. The Kier molecular flexibility index (Phi) is 6.29. The van der Waals surface area contributed by atoms with Gasteiger partial charge < -0.3 is 9.47 Å². The van der Waals surface area contributed by atoms with Crippen LogP contribution in [0.5, 0.6) is 0 Å². The third kappa shape index (κ3) is 5.33. The summed E-state index contributed by atoms with van der Waals surface area (Å²) in [5.74, 6) is -0.868. The first-order chi connectivity index (χ1) is 9.17. The summed E-state index contributed by atoms with van der Waals surface area (Å²) in [6.07, 6.45) is 4.52. The van der Waals surface area contributed by atoms with Crippen LogP contribution in [0.25, 0.3) is 5.57 Å². The van der Waals surface area contributed by atoms with Crippen LogP contribution >= 0.6 is 0 Å². The SMILES string of the molecule is CCOC(=O)/C=C(/CC(=O)OCC)c1cccnc1. The largest absolute Gasteiger partial charge is 0.466 e. The molecular weight excluding hydrogens is 246 g/mol. The molecule has 0 atom stereocenters. The molecule has 0 bridgehead atoms. The Morgan fingerprint density at radius 2 is 2.00 bits per heavy atom. The molecule has 0 aliphatic carbocycles. The second-order valence-corrected chi connectivity index (χ2v) is 3.65. The van der Waals surface area contributed by atoms with Crippen molar-refractivity contribution in [3.63, 3.8) is 0 Å². The number of carbonyl (C=O) groups excluding carboxylic acids is 2. The van der Waals surface area contributed by atoms with Gasteiger partial charge >= 0.3 is 11.9 Å². The van der Waals surface area contributed by atoms with Crippen molar-refractivity contribution in [2.24, 2.45) is 0 Å². The van der Waals surface area contributed by atoms with Gasteiger partial charge in [0, 0.05) is 18.5 Å². The number of pyridine rings is 1. The Morgan fingerprint density at radius 1 is 1.26 bits per heavy atom. The molecule has 0 unspecified atom stereocenters. The minimum Gasteiger partial charge on any atom is -0.466 e. The number of aromatic nitrogens is 1. The van der Waals surface area contributed by atoms with E-state index in [0.29, 0.717) is 17.7 Å². The molecule has 1 rings (SSSR count). The highest BCUT2D eigenvalue weighted by atomic mass is 16.5. The summed E-state index contributed by atoms with van der Waals surface area (Å²) in [7, 11) is 0. The zero-order valence-electron chi connectivity index (χ0n) is 11.1. The maximum Gasteiger partial charge on any atom is 0.331 e. The Bertz CT molecular complexity index is 454. The van der Waals surface area contributed by atoms with Crippen molar-refractivity contribution < 1.29 is 19.1 Å². The molecule has 0 N–H and O–H groups in total. The number of nitrogens with zero attached hydrogens (tertiary/aromatic N) is 1. The number of carbonyl (C=O) groups is 2. The lowest BCUT2D eigenvalue weighted by atomic mass is 10.0. The summed E-state index contributed by atoms with van der Waals surface area (Å²) >= 11 is 0. The lowest BCUT2D eigenvalue weighted by Crippen LogP contribution is -2.07. The van der Waals surface area contributed by atoms with Gasteiger partial charge in [0.25, 0.3) is 0 Å². The second kappa shape index (κ2) is 8.02. The van der Waals surface area contributed by atoms with Crippen molar-refractivity contribution in [2.45, 2.75) is 20.3 Å². The van der Waals surface area contributed by atoms with E-state index in [0.717, 1.165) is 0 Å². The van der Waals surface area contributed by atoms with Crippen LogP contribution in [0.15, 0.2) is 30.6 Å². The summed E-state index contributed by atoms with van der Waals surface area (Å²) in [6.45, 7) is 4.05. The standard InChI is InChI=1S/C14H17NO4/c1-3-18-13(16)8-12(9-14(17)19-4-2)11-6-5-7-15-10-11/h5-8,10H,3-4,9H2,1-2H3/b12-8-. The van der Waals surface area contributed by atoms with Gasteiger partial charge in [-0.15, -0.1) is 0 Å². The topological polar surface area (TPSA) is 65.5 Å². The Morgan fingerprint density at radius 3 is 2.58 bits per heavy atom. The molecule has 0 fully saturated rings. The minimum atomic E-state index is -0.481. The molecule has 0 aliphatic rings. The lowest BCUT2D eigenvalue weighted by Gasteiger charge is -2.07. The van der Waals surface area contributed by atoms with Crippen LogP contribution in [0.1, 0.15) is 25.8 Å². The molecule has 5 heteroatoms. The van der Waals surface area contributed by atoms with E-state index in [4.69, 9.17) is 9.47 Å². The van der Waals surface area contributed by atoms with E-state index in [1.54, 1.807) is 38.4 Å². The fourth-order valence-electron chi connectivity index (χ4n) is 1.48. The fourth-order valence-corrected chi connectivity index (χ4v) is 1.48. The van der Waals surface area contributed by atoms with Crippen molar-refractivity contribution >= 4 is 17.5 Å². The summed E-state index contributed by atoms with van der Waals surface area (Å²) in [6, 6.07) is 3.51. The summed E-state index contributed by atoms with van der Waals surface area (Å²) in [4.78, 5) is 27.0. The maximum absolute atomic E-state index is 11.5. The molecule has 0 saturated carbocycles. The van der Waals surface area contributed by atoms with E-state index in [2.05, 4.69) is 4.98 Å². The summed E-state index contributed by atoms with van der Waals surface area (Å²) in [5, 5.41) is 0. The van der Waals surface area contributed by atoms with Crippen LogP contribution in [0.3, 0.4) is 0 Å². The van der Waals surface area contributed by atoms with E-state index in [9.17, 15) is 9.59 Å². The zero-order chi connectivity index (χ0) is 14.1. The smallest absolute Gasteiger partial charge is 0.331 e. The first-order valence-corrected chi connectivity index (χ1v) is 6.10. The van der Waals surface area contributed by atoms with Crippen LogP contribution in [0.2, 0.25) is 0 Å². The molecule has 5 nitrogen and oxygen atoms in total. The highest BCUT2D eigenvalue weighted by molar-refractivity contribution is 5.96. The molecule has 0 radical (unpaired) electrons. The molecular formula is C14H17NO4. The van der Waals surface area contributed by atoms with Crippen LogP contribution < -0.4 is 0 Å². The third-order valence-electron chi connectivity index (χ3n) is 2.25. The molecule has 0 saturated heterocycles. The van der Waals surface area contributed by atoms with Crippen LogP contribution in [-0.4, -0.2) is 30.1 Å². The van der Waals surface area contributed by atoms with Crippen LogP contribution in [-0.2, 0) is 19.1 Å². The Labute approximate surface area is 112 Å². The molecule has 1 aromatic rings. The van der Waals surface area contributed by atoms with Crippen molar-refractivity contribution in [1.29, 1.82) is 0 Å². The van der Waals surface area contributed by atoms with Crippen LogP contribution in [0, 0.1) is 0 Å². The minimum absolute atomic E-state index is 0.0122. The molecule has 0 amide bonds. The number of esters is 2. The molecule has 19 heavy (non-hydrogen) atoms. The van der Waals surface area contributed by atoms with Gasteiger partial charge in [-0.3, -0.25) is 9.78 Å². The first kappa shape index (κ1) is 14.9. The van der Waals surface area contributed by atoms with E-state index < -0.39 is 5.97 Å². The Hall–Kier alpha value is -2.17. The third-order valence-corrected chi connectivity index (χ3v) is 2.25. The highest BCUT2D eigenvalue weighted by Gasteiger charge is 2.11. The van der Waals surface area contributed by atoms with Gasteiger partial charge in [0.15, 0.2) is 0 Å². The molecule has 1 heterocycles. The molecule has 1 aromatic heterocycles. The van der Waals surface area contributed by atoms with Gasteiger partial charge in [-0.05, 0) is 31.1 Å². The second-order valence-electron chi connectivity index (χ2n) is 3.65. The predicted octanol–water partition coefficient (Wildman–Crippen LogP) is 1.98. The maximum atomic E-state index is 11.5. The van der Waals surface area contributed by atoms with Gasteiger partial charge in [-0.2, -0.15) is 0 Å². The monoisotopic (exact) mass is 263 g/mol. The van der Waals surface area contributed by atoms with Crippen molar-refractivity contribution in [3.05, 3.63) is 36.2 Å². The number of rotatable bonds is 6. The number of hydrogen-bond donors (Lipinski definition) is 0. The molecule has 0 aliphatic heterocycles. The average Bonchev–Trinajstić information content (AvgIpc) is 2.39. The number of hydrogen-bond acceptors (Lipinski definition) is 5. The average molecular weight is 263 g/mol. The van der Waals surface area contributed by atoms with Crippen LogP contribution in [0.4, 0.5) is 0 Å². The van der Waals surface area contributed by atoms with E-state index in [1.807, 2.05) is 0 Å². The van der Waals surface area contributed by atoms with E-state index in [1.165, 1.54) is 6.08 Å². The van der Waals surface area contributed by atoms with Gasteiger partial charge in [0.1, 0.15) is 0 Å². The summed E-state index contributed by atoms with van der Waals surface area (Å²) < 4.78 is 9.73.